The Balaban J connectivity index is 2.67. The summed E-state index contributed by atoms with van der Waals surface area (Å²) in [5.74, 6) is 1.22. The van der Waals surface area contributed by atoms with Crippen molar-refractivity contribution < 1.29 is 0 Å². The predicted octanol–water partition coefficient (Wildman–Crippen LogP) is 3.00. The van der Waals surface area contributed by atoms with E-state index in [4.69, 9.17) is 0 Å². The van der Waals surface area contributed by atoms with Crippen LogP contribution in [0.4, 0.5) is 0 Å². The van der Waals surface area contributed by atoms with Gasteiger partial charge in [0.2, 0.25) is 0 Å². The summed E-state index contributed by atoms with van der Waals surface area (Å²) in [4.78, 5) is 0. The highest BCUT2D eigenvalue weighted by Crippen LogP contribution is 2.40. The van der Waals surface area contributed by atoms with Crippen molar-refractivity contribution in [3.05, 3.63) is 9.89 Å². The second-order valence-electron chi connectivity index (χ2n) is 2.73. The van der Waals surface area contributed by atoms with Gasteiger partial charge in [0.15, 0.2) is 0 Å². The maximum absolute atomic E-state index is 3.44. The third-order valence-corrected chi connectivity index (χ3v) is 3.28. The molecule has 1 aliphatic heterocycles. The van der Waals surface area contributed by atoms with Gasteiger partial charge in [-0.1, -0.05) is 19.9 Å². The fourth-order valence-corrected chi connectivity index (χ4v) is 2.60. The van der Waals surface area contributed by atoms with Crippen LogP contribution in [0.3, 0.4) is 0 Å². The molecule has 0 bridgehead atoms. The van der Waals surface area contributed by atoms with Crippen LogP contribution in [0.2, 0.25) is 0 Å². The molecular weight excluding hydrogens is 184 g/mol. The molecule has 0 unspecified atom stereocenters. The Kier molecular flexibility index (Phi) is 1.73. The molecule has 1 heterocycles. The standard InChI is InChI=1S/C6H9BrS/c1-6(2)3-5(7)8-4-6/h3H,4H2,1-2H3. The molecule has 0 aromatic carbocycles. The number of rotatable bonds is 0. The molecule has 0 amide bonds. The second kappa shape index (κ2) is 2.07. The first kappa shape index (κ1) is 6.69. The third-order valence-electron chi connectivity index (χ3n) is 1.09. The molecule has 8 heavy (non-hydrogen) atoms. The van der Waals surface area contributed by atoms with Gasteiger partial charge in [-0.05, 0) is 21.3 Å². The maximum atomic E-state index is 3.44. The van der Waals surface area contributed by atoms with Crippen LogP contribution < -0.4 is 0 Å². The minimum absolute atomic E-state index is 0.420. The van der Waals surface area contributed by atoms with Gasteiger partial charge in [-0.3, -0.25) is 0 Å². The van der Waals surface area contributed by atoms with Crippen molar-refractivity contribution in [2.45, 2.75) is 13.8 Å². The van der Waals surface area contributed by atoms with E-state index in [1.165, 1.54) is 9.57 Å². The van der Waals surface area contributed by atoms with Crippen LogP contribution in [-0.4, -0.2) is 5.75 Å². The van der Waals surface area contributed by atoms with Gasteiger partial charge in [0.05, 0.1) is 0 Å². The monoisotopic (exact) mass is 192 g/mol. The van der Waals surface area contributed by atoms with Gasteiger partial charge in [0, 0.05) is 9.57 Å². The number of halogens is 1. The minimum Gasteiger partial charge on any atom is -0.118 e. The largest absolute Gasteiger partial charge is 0.118 e. The molecule has 0 saturated carbocycles. The van der Waals surface area contributed by atoms with Gasteiger partial charge in [-0.25, -0.2) is 0 Å². The SMILES string of the molecule is CC1(C)C=C(Br)SC1. The molecule has 0 fully saturated rings. The fourth-order valence-electron chi connectivity index (χ4n) is 0.645. The van der Waals surface area contributed by atoms with E-state index in [9.17, 15) is 0 Å². The van der Waals surface area contributed by atoms with Crippen molar-refractivity contribution in [3.63, 3.8) is 0 Å². The number of hydrogen-bond acceptors (Lipinski definition) is 1. The molecule has 0 aromatic rings. The first-order chi connectivity index (χ1) is 3.60. The van der Waals surface area contributed by atoms with Crippen LogP contribution in [0, 0.1) is 5.41 Å². The van der Waals surface area contributed by atoms with Gasteiger partial charge in [0.25, 0.3) is 0 Å². The van der Waals surface area contributed by atoms with E-state index in [1.807, 2.05) is 11.8 Å². The van der Waals surface area contributed by atoms with E-state index in [0.29, 0.717) is 5.41 Å². The molecule has 0 saturated heterocycles. The molecule has 1 aliphatic rings. The Labute approximate surface area is 62.9 Å². The van der Waals surface area contributed by atoms with Crippen molar-refractivity contribution in [1.29, 1.82) is 0 Å². The number of hydrogen-bond donors (Lipinski definition) is 0. The molecule has 0 spiro atoms. The Morgan fingerprint density at radius 2 is 2.38 bits per heavy atom. The van der Waals surface area contributed by atoms with Gasteiger partial charge in [0.1, 0.15) is 0 Å². The minimum atomic E-state index is 0.420. The highest BCUT2D eigenvalue weighted by Gasteiger charge is 2.21. The smallest absolute Gasteiger partial charge is 0.0468 e. The predicted molar refractivity (Wildman–Crippen MR) is 43.2 cm³/mol. The molecule has 0 N–H and O–H groups in total. The van der Waals surface area contributed by atoms with E-state index in [1.54, 1.807) is 0 Å². The Bertz CT molecular complexity index is 126. The second-order valence-corrected chi connectivity index (χ2v) is 5.12. The Morgan fingerprint density at radius 1 is 1.75 bits per heavy atom. The van der Waals surface area contributed by atoms with Crippen molar-refractivity contribution in [3.8, 4) is 0 Å². The summed E-state index contributed by atoms with van der Waals surface area (Å²) in [6.07, 6.45) is 2.26. The lowest BCUT2D eigenvalue weighted by atomic mass is 9.98. The first-order valence-corrected chi connectivity index (χ1v) is 4.39. The zero-order chi connectivity index (χ0) is 6.20. The van der Waals surface area contributed by atoms with Gasteiger partial charge in [-0.15, -0.1) is 11.8 Å². The maximum Gasteiger partial charge on any atom is 0.0468 e. The molecule has 0 nitrogen and oxygen atoms in total. The molecule has 1 rings (SSSR count). The summed E-state index contributed by atoms with van der Waals surface area (Å²) in [6.45, 7) is 4.49. The highest BCUT2D eigenvalue weighted by atomic mass is 79.9. The van der Waals surface area contributed by atoms with Crippen LogP contribution in [-0.2, 0) is 0 Å². The van der Waals surface area contributed by atoms with E-state index in [0.717, 1.165) is 0 Å². The first-order valence-electron chi connectivity index (χ1n) is 2.61. The molecule has 0 radical (unpaired) electrons. The third kappa shape index (κ3) is 1.52. The van der Waals surface area contributed by atoms with Gasteiger partial charge in [-0.2, -0.15) is 0 Å². The normalized spacial score (nSPS) is 25.6. The van der Waals surface area contributed by atoms with Crippen LogP contribution in [0.25, 0.3) is 0 Å². The molecule has 0 aliphatic carbocycles. The Hall–Kier alpha value is 0.570. The van der Waals surface area contributed by atoms with Crippen molar-refractivity contribution in [2.24, 2.45) is 5.41 Å². The van der Waals surface area contributed by atoms with Crippen molar-refractivity contribution >= 4 is 27.7 Å². The lowest BCUT2D eigenvalue weighted by Crippen LogP contribution is -2.05. The lowest BCUT2D eigenvalue weighted by molar-refractivity contribution is 0.564. The van der Waals surface area contributed by atoms with Crippen molar-refractivity contribution in [2.75, 3.05) is 5.75 Å². The summed E-state index contributed by atoms with van der Waals surface area (Å²) in [5.41, 5.74) is 0.420. The van der Waals surface area contributed by atoms with Crippen LogP contribution in [0.15, 0.2) is 9.89 Å². The lowest BCUT2D eigenvalue weighted by Gasteiger charge is -2.10. The van der Waals surface area contributed by atoms with Crippen molar-refractivity contribution in [1.82, 2.24) is 0 Å². The topological polar surface area (TPSA) is 0 Å². The zero-order valence-electron chi connectivity index (χ0n) is 5.07. The summed E-state index contributed by atoms with van der Waals surface area (Å²) in [7, 11) is 0. The average Bonchev–Trinajstić information content (AvgIpc) is 1.82. The van der Waals surface area contributed by atoms with E-state index < -0.39 is 0 Å². The van der Waals surface area contributed by atoms with Crippen LogP contribution in [0.5, 0.6) is 0 Å². The summed E-state index contributed by atoms with van der Waals surface area (Å²) in [6, 6.07) is 0. The summed E-state index contributed by atoms with van der Waals surface area (Å²) in [5, 5.41) is 0. The Morgan fingerprint density at radius 3 is 2.50 bits per heavy atom. The molecular formula is C6H9BrS. The summed E-state index contributed by atoms with van der Waals surface area (Å²) < 4.78 is 1.29. The molecule has 0 atom stereocenters. The van der Waals surface area contributed by atoms with Crippen LogP contribution >= 0.6 is 27.7 Å². The molecule has 2 heteroatoms. The molecule has 0 aromatic heterocycles. The fraction of sp³-hybridized carbons (Fsp3) is 0.667. The van der Waals surface area contributed by atoms with Crippen LogP contribution in [0.1, 0.15) is 13.8 Å². The number of allylic oxidation sites excluding steroid dienone is 1. The summed E-state index contributed by atoms with van der Waals surface area (Å²) >= 11 is 5.32. The van der Waals surface area contributed by atoms with Gasteiger partial charge >= 0.3 is 0 Å². The molecule has 46 valence electrons. The number of thioether (sulfide) groups is 1. The van der Waals surface area contributed by atoms with E-state index >= 15 is 0 Å². The highest BCUT2D eigenvalue weighted by molar-refractivity contribution is 9.14. The van der Waals surface area contributed by atoms with E-state index in [2.05, 4.69) is 35.9 Å². The van der Waals surface area contributed by atoms with E-state index in [-0.39, 0.29) is 0 Å². The zero-order valence-corrected chi connectivity index (χ0v) is 7.47. The average molecular weight is 193 g/mol. The van der Waals surface area contributed by atoms with Gasteiger partial charge < -0.3 is 0 Å². The quantitative estimate of drug-likeness (QED) is 0.569.